The second-order valence-electron chi connectivity index (χ2n) is 5.16. The lowest BCUT2D eigenvalue weighted by Gasteiger charge is -2.10. The number of hydrogen-bond acceptors (Lipinski definition) is 4. The van der Waals surface area contributed by atoms with Crippen LogP contribution < -0.4 is 5.32 Å². The van der Waals surface area contributed by atoms with Crippen LogP contribution in [0.1, 0.15) is 18.5 Å². The summed E-state index contributed by atoms with van der Waals surface area (Å²) in [6.07, 6.45) is 4.90. The lowest BCUT2D eigenvalue weighted by molar-refractivity contribution is -0.119. The first kappa shape index (κ1) is 16.7. The van der Waals surface area contributed by atoms with Gasteiger partial charge in [-0.1, -0.05) is 29.8 Å². The zero-order valence-corrected chi connectivity index (χ0v) is 15.1. The molecule has 0 aliphatic heterocycles. The first-order chi connectivity index (χ1) is 11.5. The van der Waals surface area contributed by atoms with Crippen LogP contribution in [0.4, 0.5) is 5.95 Å². The largest absolute Gasteiger partial charge is 0.291 e. The van der Waals surface area contributed by atoms with Gasteiger partial charge in [-0.25, -0.2) is 9.67 Å². The summed E-state index contributed by atoms with van der Waals surface area (Å²) >= 11 is 9.44. The molecule has 0 saturated carbocycles. The molecule has 0 aliphatic rings. The Balaban J connectivity index is 1.65. The molecule has 2 aromatic heterocycles. The number of amides is 1. The molecule has 24 heavy (non-hydrogen) atoms. The number of carbonyl (C=O) groups is 1. The topological polar surface area (TPSA) is 77.6 Å². The Morgan fingerprint density at radius 1 is 1.42 bits per heavy atom. The van der Waals surface area contributed by atoms with Gasteiger partial charge in [0.25, 0.3) is 5.91 Å². The van der Waals surface area contributed by atoms with Crippen molar-refractivity contribution < 1.29 is 4.79 Å². The maximum Gasteiger partial charge on any atom is 0.251 e. The van der Waals surface area contributed by atoms with Gasteiger partial charge in [0.1, 0.15) is 12.4 Å². The van der Waals surface area contributed by atoms with Gasteiger partial charge in [-0.05, 0) is 34.5 Å². The van der Waals surface area contributed by atoms with Crippen molar-refractivity contribution in [1.82, 2.24) is 24.5 Å². The average Bonchev–Trinajstić information content (AvgIpc) is 3.18. The van der Waals surface area contributed by atoms with E-state index < -0.39 is 6.04 Å². The molecule has 1 amide bonds. The lowest BCUT2D eigenvalue weighted by atomic mass is 10.2. The molecule has 1 atom stereocenters. The number of rotatable bonds is 5. The van der Waals surface area contributed by atoms with Crippen molar-refractivity contribution in [2.75, 3.05) is 5.32 Å². The third-order valence-electron chi connectivity index (χ3n) is 3.41. The van der Waals surface area contributed by atoms with Crippen LogP contribution in [0.3, 0.4) is 0 Å². The number of hydrogen-bond donors (Lipinski definition) is 1. The number of carbonyl (C=O) groups excluding carboxylic acids is 1. The van der Waals surface area contributed by atoms with Crippen LogP contribution >= 0.6 is 27.5 Å². The summed E-state index contributed by atoms with van der Waals surface area (Å²) in [5.41, 5.74) is 0.928. The smallest absolute Gasteiger partial charge is 0.251 e. The fourth-order valence-corrected chi connectivity index (χ4v) is 2.59. The van der Waals surface area contributed by atoms with Gasteiger partial charge in [-0.15, -0.1) is 5.10 Å². The Labute approximate surface area is 151 Å². The van der Waals surface area contributed by atoms with Crippen LogP contribution in [0.2, 0.25) is 5.02 Å². The van der Waals surface area contributed by atoms with Gasteiger partial charge in [0.05, 0.1) is 17.2 Å². The Morgan fingerprint density at radius 3 is 2.92 bits per heavy atom. The molecule has 1 unspecified atom stereocenters. The van der Waals surface area contributed by atoms with Crippen LogP contribution in [-0.2, 0) is 11.3 Å². The van der Waals surface area contributed by atoms with Crippen molar-refractivity contribution in [2.45, 2.75) is 19.5 Å². The molecular formula is C15H14BrClN6O. The second kappa shape index (κ2) is 7.14. The first-order valence-electron chi connectivity index (χ1n) is 7.16. The molecule has 9 heteroatoms. The fourth-order valence-electron chi connectivity index (χ4n) is 2.09. The predicted molar refractivity (Wildman–Crippen MR) is 93.8 cm³/mol. The maximum atomic E-state index is 12.2. The average molecular weight is 410 g/mol. The maximum absolute atomic E-state index is 12.2. The molecule has 0 radical (unpaired) electrons. The van der Waals surface area contributed by atoms with Crippen molar-refractivity contribution in [2.24, 2.45) is 0 Å². The minimum atomic E-state index is -0.480. The van der Waals surface area contributed by atoms with Crippen LogP contribution in [0.25, 0.3) is 0 Å². The zero-order valence-electron chi connectivity index (χ0n) is 12.7. The van der Waals surface area contributed by atoms with E-state index in [4.69, 9.17) is 11.6 Å². The van der Waals surface area contributed by atoms with E-state index >= 15 is 0 Å². The van der Waals surface area contributed by atoms with Crippen LogP contribution in [0, 0.1) is 0 Å². The van der Waals surface area contributed by atoms with Crippen LogP contribution in [0.5, 0.6) is 0 Å². The van der Waals surface area contributed by atoms with Gasteiger partial charge in [-0.3, -0.25) is 14.8 Å². The normalized spacial score (nSPS) is 12.1. The van der Waals surface area contributed by atoms with E-state index in [2.05, 4.69) is 36.4 Å². The highest BCUT2D eigenvalue weighted by Crippen LogP contribution is 2.16. The summed E-state index contributed by atoms with van der Waals surface area (Å²) in [6, 6.07) is 7.03. The summed E-state index contributed by atoms with van der Waals surface area (Å²) < 4.78 is 3.98. The molecular weight excluding hydrogens is 396 g/mol. The van der Waals surface area contributed by atoms with Crippen molar-refractivity contribution in [3.05, 3.63) is 58.0 Å². The number of nitrogens with one attached hydrogen (secondary N) is 1. The van der Waals surface area contributed by atoms with Crippen molar-refractivity contribution in [1.29, 1.82) is 0 Å². The summed E-state index contributed by atoms with van der Waals surface area (Å²) in [5.74, 6) is -0.00813. The molecule has 1 aromatic carbocycles. The number of aromatic nitrogens is 5. The summed E-state index contributed by atoms with van der Waals surface area (Å²) in [7, 11) is 0. The lowest BCUT2D eigenvalue weighted by Crippen LogP contribution is -2.24. The fraction of sp³-hybridized carbons (Fsp3) is 0.200. The quantitative estimate of drug-likeness (QED) is 0.702. The highest BCUT2D eigenvalue weighted by molar-refractivity contribution is 9.10. The summed E-state index contributed by atoms with van der Waals surface area (Å²) in [4.78, 5) is 16.3. The molecule has 7 nitrogen and oxygen atoms in total. The van der Waals surface area contributed by atoms with Gasteiger partial charge in [-0.2, -0.15) is 5.10 Å². The molecule has 0 bridgehead atoms. The van der Waals surface area contributed by atoms with E-state index in [1.807, 2.05) is 24.3 Å². The molecule has 124 valence electrons. The number of anilines is 1. The SMILES string of the molecule is CC(C(=O)Nc1ncn(Cc2ccccc2Cl)n1)n1cc(Br)cn1. The Bertz CT molecular complexity index is 861. The molecule has 3 aromatic rings. The van der Waals surface area contributed by atoms with Crippen LogP contribution in [0.15, 0.2) is 47.5 Å². The van der Waals surface area contributed by atoms with Gasteiger partial charge in [0.15, 0.2) is 0 Å². The van der Waals surface area contributed by atoms with Gasteiger partial charge < -0.3 is 0 Å². The minimum absolute atomic E-state index is 0.241. The van der Waals surface area contributed by atoms with E-state index in [-0.39, 0.29) is 11.9 Å². The summed E-state index contributed by atoms with van der Waals surface area (Å²) in [6.45, 7) is 2.22. The van der Waals surface area contributed by atoms with E-state index in [1.165, 1.54) is 0 Å². The monoisotopic (exact) mass is 408 g/mol. The summed E-state index contributed by atoms with van der Waals surface area (Å²) in [5, 5.41) is 11.7. The third kappa shape index (κ3) is 3.82. The van der Waals surface area contributed by atoms with E-state index in [9.17, 15) is 4.79 Å². The van der Waals surface area contributed by atoms with Crippen molar-refractivity contribution in [3.63, 3.8) is 0 Å². The molecule has 0 spiro atoms. The van der Waals surface area contributed by atoms with E-state index in [0.29, 0.717) is 11.6 Å². The molecule has 1 N–H and O–H groups in total. The van der Waals surface area contributed by atoms with Crippen molar-refractivity contribution in [3.8, 4) is 0 Å². The van der Waals surface area contributed by atoms with E-state index in [1.54, 1.807) is 35.0 Å². The number of benzene rings is 1. The minimum Gasteiger partial charge on any atom is -0.291 e. The third-order valence-corrected chi connectivity index (χ3v) is 4.19. The first-order valence-corrected chi connectivity index (χ1v) is 8.33. The van der Waals surface area contributed by atoms with Crippen molar-refractivity contribution >= 4 is 39.4 Å². The highest BCUT2D eigenvalue weighted by atomic mass is 79.9. The van der Waals surface area contributed by atoms with Gasteiger partial charge >= 0.3 is 0 Å². The Kier molecular flexibility index (Phi) is 4.96. The Hall–Kier alpha value is -2.19. The molecule has 3 rings (SSSR count). The van der Waals surface area contributed by atoms with Crippen LogP contribution in [-0.4, -0.2) is 30.5 Å². The molecule has 0 saturated heterocycles. The number of nitrogens with zero attached hydrogens (tertiary/aromatic N) is 5. The number of halogens is 2. The molecule has 0 aliphatic carbocycles. The zero-order chi connectivity index (χ0) is 17.1. The standard InChI is InChI=1S/C15H14BrClN6O/c1-10(23-8-12(16)6-19-23)14(24)20-15-18-9-22(21-15)7-11-4-2-3-5-13(11)17/h2-6,8-10H,7H2,1H3,(H,20,21,24). The van der Waals surface area contributed by atoms with E-state index in [0.717, 1.165) is 10.0 Å². The second-order valence-corrected chi connectivity index (χ2v) is 6.48. The predicted octanol–water partition coefficient (Wildman–Crippen LogP) is 3.14. The van der Waals surface area contributed by atoms with Gasteiger partial charge in [0.2, 0.25) is 5.95 Å². The molecule has 2 heterocycles. The highest BCUT2D eigenvalue weighted by Gasteiger charge is 2.17. The van der Waals surface area contributed by atoms with Gasteiger partial charge in [0, 0.05) is 11.2 Å². The Morgan fingerprint density at radius 2 is 2.21 bits per heavy atom. The molecule has 0 fully saturated rings.